The number of amides is 1. The molecule has 5 heteroatoms. The Bertz CT molecular complexity index is 852. The number of carbonyl (C=O) groups excluding carboxylic acids is 1. The van der Waals surface area contributed by atoms with Crippen LogP contribution in [-0.4, -0.2) is 20.4 Å². The Labute approximate surface area is 145 Å². The van der Waals surface area contributed by atoms with Crippen molar-refractivity contribution in [2.75, 3.05) is 0 Å². The number of fused-ring (bicyclic) bond motifs is 1. The van der Waals surface area contributed by atoms with Crippen molar-refractivity contribution in [3.63, 3.8) is 0 Å². The third kappa shape index (κ3) is 2.87. The van der Waals surface area contributed by atoms with Gasteiger partial charge in [-0.25, -0.2) is 4.98 Å². The summed E-state index contributed by atoms with van der Waals surface area (Å²) in [6.07, 6.45) is 4.27. The van der Waals surface area contributed by atoms with Gasteiger partial charge in [0.1, 0.15) is 5.82 Å². The summed E-state index contributed by atoms with van der Waals surface area (Å²) in [6.45, 7) is 3.40. The van der Waals surface area contributed by atoms with Crippen LogP contribution in [0.4, 0.5) is 0 Å². The lowest BCUT2D eigenvalue weighted by atomic mass is 10.0. The number of aromatic nitrogens is 2. The van der Waals surface area contributed by atoms with Crippen LogP contribution >= 0.6 is 11.3 Å². The molecule has 0 saturated heterocycles. The van der Waals surface area contributed by atoms with Crippen molar-refractivity contribution in [2.45, 2.75) is 32.5 Å². The summed E-state index contributed by atoms with van der Waals surface area (Å²) in [5.74, 6) is 1.12. The second-order valence-corrected chi connectivity index (χ2v) is 7.51. The van der Waals surface area contributed by atoms with Crippen molar-refractivity contribution >= 4 is 17.2 Å². The Morgan fingerprint density at radius 3 is 2.83 bits per heavy atom. The molecule has 1 atom stereocenters. The smallest absolute Gasteiger partial charge is 0.228 e. The van der Waals surface area contributed by atoms with Crippen molar-refractivity contribution in [1.82, 2.24) is 14.5 Å². The Morgan fingerprint density at radius 1 is 1.25 bits per heavy atom. The summed E-state index contributed by atoms with van der Waals surface area (Å²) in [7, 11) is 0. The van der Waals surface area contributed by atoms with E-state index in [1.807, 2.05) is 35.5 Å². The highest BCUT2D eigenvalue weighted by Crippen LogP contribution is 2.30. The maximum atomic E-state index is 13.0. The Balaban J connectivity index is 1.64. The molecule has 1 aromatic carbocycles. The molecule has 1 aliphatic rings. The van der Waals surface area contributed by atoms with Crippen molar-refractivity contribution in [1.29, 1.82) is 0 Å². The van der Waals surface area contributed by atoms with Gasteiger partial charge in [0.2, 0.25) is 5.91 Å². The van der Waals surface area contributed by atoms with Gasteiger partial charge < -0.3 is 9.47 Å². The van der Waals surface area contributed by atoms with Gasteiger partial charge >= 0.3 is 0 Å². The predicted molar refractivity (Wildman–Crippen MR) is 94.7 cm³/mol. The second kappa shape index (κ2) is 6.24. The number of nitrogens with zero attached hydrogens (tertiary/aromatic N) is 3. The highest BCUT2D eigenvalue weighted by atomic mass is 32.1. The van der Waals surface area contributed by atoms with Gasteiger partial charge in [-0.05, 0) is 24.6 Å². The molecule has 0 fully saturated rings. The number of hydrogen-bond donors (Lipinski definition) is 0. The molecule has 1 amide bonds. The largest absolute Gasteiger partial charge is 0.331 e. The van der Waals surface area contributed by atoms with E-state index in [0.717, 1.165) is 17.2 Å². The molecule has 0 spiro atoms. The lowest BCUT2D eigenvalue weighted by Gasteiger charge is -2.36. The van der Waals surface area contributed by atoms with E-state index in [9.17, 15) is 4.79 Å². The van der Waals surface area contributed by atoms with E-state index in [1.165, 1.54) is 10.4 Å². The number of imidazole rings is 1. The number of hydrogen-bond acceptors (Lipinski definition) is 3. The topological polar surface area (TPSA) is 38.1 Å². The first-order valence-electron chi connectivity index (χ1n) is 8.10. The van der Waals surface area contributed by atoms with Crippen LogP contribution in [0.2, 0.25) is 0 Å². The van der Waals surface area contributed by atoms with Crippen molar-refractivity contribution in [3.8, 4) is 0 Å². The normalized spacial score (nSPS) is 16.9. The summed E-state index contributed by atoms with van der Waals surface area (Å²) in [5.41, 5.74) is 1.17. The molecule has 2 aromatic heterocycles. The van der Waals surface area contributed by atoms with Crippen LogP contribution in [0, 0.1) is 6.92 Å². The van der Waals surface area contributed by atoms with E-state index in [0.29, 0.717) is 13.0 Å². The fourth-order valence-corrected chi connectivity index (χ4v) is 4.14. The lowest BCUT2D eigenvalue weighted by Crippen LogP contribution is -2.41. The van der Waals surface area contributed by atoms with Crippen LogP contribution < -0.4 is 0 Å². The molecule has 0 N–H and O–H groups in total. The Hall–Kier alpha value is -2.40. The molecular weight excluding hydrogens is 318 g/mol. The number of benzene rings is 1. The fourth-order valence-electron chi connectivity index (χ4n) is 3.26. The first-order chi connectivity index (χ1) is 11.7. The maximum absolute atomic E-state index is 13.0. The van der Waals surface area contributed by atoms with Gasteiger partial charge in [0.25, 0.3) is 0 Å². The van der Waals surface area contributed by atoms with Gasteiger partial charge in [-0.2, -0.15) is 0 Å². The van der Waals surface area contributed by atoms with E-state index in [1.54, 1.807) is 11.3 Å². The first kappa shape index (κ1) is 15.1. The van der Waals surface area contributed by atoms with Crippen molar-refractivity contribution in [2.24, 2.45) is 0 Å². The molecule has 3 heterocycles. The molecule has 4 nitrogen and oxygen atoms in total. The Kier molecular flexibility index (Phi) is 3.94. The van der Waals surface area contributed by atoms with Gasteiger partial charge in [-0.3, -0.25) is 4.79 Å². The molecule has 122 valence electrons. The minimum absolute atomic E-state index is 0.0569. The van der Waals surface area contributed by atoms with E-state index >= 15 is 0 Å². The predicted octanol–water partition coefficient (Wildman–Crippen LogP) is 3.58. The zero-order valence-corrected chi connectivity index (χ0v) is 14.4. The molecule has 4 rings (SSSR count). The highest BCUT2D eigenvalue weighted by molar-refractivity contribution is 7.12. The average Bonchev–Trinajstić information content (AvgIpc) is 3.22. The number of aryl methyl sites for hydroxylation is 1. The summed E-state index contributed by atoms with van der Waals surface area (Å²) < 4.78 is 2.15. The SMILES string of the molecule is Cc1ccc(CC(=O)N2Cc3nccn3C[C@@H]2c2ccccc2)s1. The number of carbonyl (C=O) groups is 1. The van der Waals surface area contributed by atoms with E-state index < -0.39 is 0 Å². The molecule has 3 aromatic rings. The molecule has 24 heavy (non-hydrogen) atoms. The molecule has 0 unspecified atom stereocenters. The van der Waals surface area contributed by atoms with Crippen molar-refractivity contribution < 1.29 is 4.79 Å². The summed E-state index contributed by atoms with van der Waals surface area (Å²) >= 11 is 1.70. The van der Waals surface area contributed by atoms with Crippen LogP contribution in [0.5, 0.6) is 0 Å². The molecule has 1 aliphatic heterocycles. The monoisotopic (exact) mass is 337 g/mol. The minimum atomic E-state index is 0.0569. The molecule has 0 saturated carbocycles. The van der Waals surface area contributed by atoms with Crippen LogP contribution in [0.25, 0.3) is 0 Å². The fraction of sp³-hybridized carbons (Fsp3) is 0.263. The molecule has 0 radical (unpaired) electrons. The van der Waals surface area contributed by atoms with E-state index in [2.05, 4.69) is 40.7 Å². The summed E-state index contributed by atoms with van der Waals surface area (Å²) in [5, 5.41) is 0. The quantitative estimate of drug-likeness (QED) is 0.733. The molecule has 0 bridgehead atoms. The summed E-state index contributed by atoms with van der Waals surface area (Å²) in [6, 6.07) is 14.5. The van der Waals surface area contributed by atoms with Gasteiger partial charge in [-0.15, -0.1) is 11.3 Å². The Morgan fingerprint density at radius 2 is 2.08 bits per heavy atom. The second-order valence-electron chi connectivity index (χ2n) is 6.13. The van der Waals surface area contributed by atoms with E-state index in [-0.39, 0.29) is 11.9 Å². The van der Waals surface area contributed by atoms with Crippen LogP contribution in [0.3, 0.4) is 0 Å². The summed E-state index contributed by atoms with van der Waals surface area (Å²) in [4.78, 5) is 21.7. The molecule has 0 aliphatic carbocycles. The van der Waals surface area contributed by atoms with Gasteiger partial charge in [0, 0.05) is 28.7 Å². The standard InChI is InChI=1S/C19H19N3OS/c1-14-7-8-16(24-14)11-19(23)22-13-18-20-9-10-21(18)12-17(22)15-5-3-2-4-6-15/h2-10,17H,11-13H2,1H3/t17-/m1/s1. The minimum Gasteiger partial charge on any atom is -0.331 e. The number of rotatable bonds is 3. The third-order valence-electron chi connectivity index (χ3n) is 4.49. The van der Waals surface area contributed by atoms with Crippen LogP contribution in [-0.2, 0) is 24.3 Å². The average molecular weight is 337 g/mol. The number of thiophene rings is 1. The van der Waals surface area contributed by atoms with Crippen LogP contribution in [0.15, 0.2) is 54.9 Å². The molecular formula is C19H19N3OS. The van der Waals surface area contributed by atoms with Crippen LogP contribution in [0.1, 0.15) is 27.2 Å². The van der Waals surface area contributed by atoms with Gasteiger partial charge in [-0.1, -0.05) is 30.3 Å². The zero-order valence-electron chi connectivity index (χ0n) is 13.6. The van der Waals surface area contributed by atoms with Gasteiger partial charge in [0.05, 0.1) is 19.0 Å². The lowest BCUT2D eigenvalue weighted by molar-refractivity contribution is -0.135. The maximum Gasteiger partial charge on any atom is 0.228 e. The third-order valence-corrected chi connectivity index (χ3v) is 5.49. The van der Waals surface area contributed by atoms with Gasteiger partial charge in [0.15, 0.2) is 0 Å². The van der Waals surface area contributed by atoms with Crippen molar-refractivity contribution in [3.05, 3.63) is 76.0 Å². The zero-order chi connectivity index (χ0) is 16.5. The first-order valence-corrected chi connectivity index (χ1v) is 8.92. The van der Waals surface area contributed by atoms with E-state index in [4.69, 9.17) is 0 Å². The highest BCUT2D eigenvalue weighted by Gasteiger charge is 2.31.